The smallest absolute Gasteiger partial charge is 0.286 e. The molecule has 0 atom stereocenters. The van der Waals surface area contributed by atoms with Gasteiger partial charge in [0.25, 0.3) is 5.91 Å². The number of benzene rings is 2. The van der Waals surface area contributed by atoms with E-state index in [4.69, 9.17) is 10.2 Å². The van der Waals surface area contributed by atoms with Gasteiger partial charge in [0.2, 0.25) is 11.7 Å². The molecule has 0 aliphatic rings. The molecule has 3 rings (SSSR count). The average Bonchev–Trinajstić information content (AvgIpc) is 2.89. The van der Waals surface area contributed by atoms with Crippen LogP contribution in [0.5, 0.6) is 0 Å². The summed E-state index contributed by atoms with van der Waals surface area (Å²) in [7, 11) is 0. The van der Waals surface area contributed by atoms with Crippen LogP contribution in [0.4, 0.5) is 5.69 Å². The third-order valence-electron chi connectivity index (χ3n) is 3.93. The van der Waals surface area contributed by atoms with Crippen molar-refractivity contribution in [1.82, 2.24) is 0 Å². The van der Waals surface area contributed by atoms with Gasteiger partial charge in [-0.05, 0) is 37.1 Å². The molecule has 5 nitrogen and oxygen atoms in total. The summed E-state index contributed by atoms with van der Waals surface area (Å²) in [6, 6.07) is 13.0. The maximum atomic E-state index is 12.4. The predicted molar refractivity (Wildman–Crippen MR) is 93.0 cm³/mol. The van der Waals surface area contributed by atoms with E-state index in [1.54, 1.807) is 18.2 Å². The van der Waals surface area contributed by atoms with E-state index in [0.29, 0.717) is 16.7 Å². The zero-order valence-electron chi connectivity index (χ0n) is 13.6. The number of hydrogen-bond donors (Lipinski definition) is 2. The first kappa shape index (κ1) is 15.8. The van der Waals surface area contributed by atoms with Crippen molar-refractivity contribution < 1.29 is 14.0 Å². The summed E-state index contributed by atoms with van der Waals surface area (Å²) in [5.41, 5.74) is 9.33. The van der Waals surface area contributed by atoms with Gasteiger partial charge in [0, 0.05) is 5.39 Å². The lowest BCUT2D eigenvalue weighted by Crippen LogP contribution is -2.18. The highest BCUT2D eigenvalue weighted by molar-refractivity contribution is 6.10. The van der Waals surface area contributed by atoms with E-state index in [1.165, 1.54) is 0 Å². The molecule has 0 unspecified atom stereocenters. The monoisotopic (exact) mass is 322 g/mol. The summed E-state index contributed by atoms with van der Waals surface area (Å²) in [6.07, 6.45) is 0.212. The first-order valence-electron chi connectivity index (χ1n) is 7.63. The molecule has 2 aromatic carbocycles. The van der Waals surface area contributed by atoms with E-state index >= 15 is 0 Å². The van der Waals surface area contributed by atoms with Crippen molar-refractivity contribution in [2.75, 3.05) is 5.32 Å². The van der Waals surface area contributed by atoms with Gasteiger partial charge >= 0.3 is 0 Å². The molecule has 0 aliphatic carbocycles. The van der Waals surface area contributed by atoms with E-state index in [1.807, 2.05) is 38.1 Å². The van der Waals surface area contributed by atoms with Crippen molar-refractivity contribution in [2.24, 2.45) is 5.73 Å². The minimum atomic E-state index is -0.715. The van der Waals surface area contributed by atoms with E-state index in [9.17, 15) is 9.59 Å². The third kappa shape index (κ3) is 3.01. The van der Waals surface area contributed by atoms with Crippen LogP contribution in [-0.4, -0.2) is 11.8 Å². The molecule has 5 heteroatoms. The number of nitrogens with two attached hydrogens (primary N) is 1. The summed E-state index contributed by atoms with van der Waals surface area (Å²) >= 11 is 0. The van der Waals surface area contributed by atoms with Crippen LogP contribution in [0.15, 0.2) is 46.9 Å². The van der Waals surface area contributed by atoms with Gasteiger partial charge in [-0.2, -0.15) is 0 Å². The molecule has 2 amide bonds. The van der Waals surface area contributed by atoms with Crippen molar-refractivity contribution in [1.29, 1.82) is 0 Å². The summed E-state index contributed by atoms with van der Waals surface area (Å²) in [4.78, 5) is 24.0. The molecule has 3 N–H and O–H groups in total. The van der Waals surface area contributed by atoms with E-state index in [-0.39, 0.29) is 18.1 Å². The summed E-state index contributed by atoms with van der Waals surface area (Å²) < 4.78 is 5.46. The number of carbonyl (C=O) groups is 2. The second kappa shape index (κ2) is 6.20. The molecule has 1 aromatic heterocycles. The maximum Gasteiger partial charge on any atom is 0.286 e. The number of primary amides is 1. The number of amides is 2. The zero-order valence-corrected chi connectivity index (χ0v) is 13.6. The van der Waals surface area contributed by atoms with Crippen LogP contribution in [0.25, 0.3) is 11.0 Å². The van der Waals surface area contributed by atoms with E-state index in [0.717, 1.165) is 16.7 Å². The fraction of sp³-hybridized carbons (Fsp3) is 0.158. The molecule has 122 valence electrons. The molecule has 1 heterocycles. The standard InChI is InChI=1S/C19H18N2O3/c1-11-7-8-13(12(2)9-11)10-16(22)21-17-14-5-3-4-6-15(14)24-18(17)19(20)23/h3-9H,10H2,1-2H3,(H2,20,23)(H,21,22). The SMILES string of the molecule is Cc1ccc(CC(=O)Nc2c(C(N)=O)oc3ccccc23)c(C)c1. The Morgan fingerprint density at radius 3 is 2.58 bits per heavy atom. The van der Waals surface area contributed by atoms with Gasteiger partial charge < -0.3 is 15.5 Å². The number of para-hydroxylation sites is 1. The second-order valence-corrected chi connectivity index (χ2v) is 5.82. The average molecular weight is 322 g/mol. The lowest BCUT2D eigenvalue weighted by molar-refractivity contribution is -0.115. The van der Waals surface area contributed by atoms with Crippen molar-refractivity contribution in [2.45, 2.75) is 20.3 Å². The fourth-order valence-electron chi connectivity index (χ4n) is 2.74. The van der Waals surface area contributed by atoms with Gasteiger partial charge in [0.1, 0.15) is 11.3 Å². The largest absolute Gasteiger partial charge is 0.449 e. The number of fused-ring (bicyclic) bond motifs is 1. The molecule has 0 fully saturated rings. The van der Waals surface area contributed by atoms with Gasteiger partial charge in [-0.15, -0.1) is 0 Å². The quantitative estimate of drug-likeness (QED) is 0.772. The molecular formula is C19H18N2O3. The summed E-state index contributed by atoms with van der Waals surface area (Å²) in [6.45, 7) is 3.98. The Balaban J connectivity index is 1.90. The Morgan fingerprint density at radius 2 is 1.88 bits per heavy atom. The zero-order chi connectivity index (χ0) is 17.3. The van der Waals surface area contributed by atoms with Gasteiger partial charge in [-0.3, -0.25) is 9.59 Å². The minimum absolute atomic E-state index is 0.0369. The number of nitrogens with one attached hydrogen (secondary N) is 1. The highest BCUT2D eigenvalue weighted by atomic mass is 16.3. The summed E-state index contributed by atoms with van der Waals surface area (Å²) in [5.74, 6) is -0.978. The lowest BCUT2D eigenvalue weighted by Gasteiger charge is -2.08. The van der Waals surface area contributed by atoms with Crippen LogP contribution >= 0.6 is 0 Å². The van der Waals surface area contributed by atoms with Crippen molar-refractivity contribution >= 4 is 28.5 Å². The van der Waals surface area contributed by atoms with Crippen LogP contribution < -0.4 is 11.1 Å². The molecular weight excluding hydrogens is 304 g/mol. The normalized spacial score (nSPS) is 10.8. The number of hydrogen-bond acceptors (Lipinski definition) is 3. The topological polar surface area (TPSA) is 85.3 Å². The first-order chi connectivity index (χ1) is 11.5. The van der Waals surface area contributed by atoms with Gasteiger partial charge in [-0.25, -0.2) is 0 Å². The van der Waals surface area contributed by atoms with Crippen molar-refractivity contribution in [3.8, 4) is 0 Å². The Labute approximate surface area is 139 Å². The van der Waals surface area contributed by atoms with Crippen molar-refractivity contribution in [3.05, 3.63) is 64.9 Å². The fourth-order valence-corrected chi connectivity index (χ4v) is 2.74. The molecule has 0 saturated carbocycles. The third-order valence-corrected chi connectivity index (χ3v) is 3.93. The lowest BCUT2D eigenvalue weighted by atomic mass is 10.0. The Kier molecular flexibility index (Phi) is 4.08. The Bertz CT molecular complexity index is 941. The predicted octanol–water partition coefficient (Wildman–Crippen LogP) is 3.33. The minimum Gasteiger partial charge on any atom is -0.449 e. The number of rotatable bonds is 4. The summed E-state index contributed by atoms with van der Waals surface area (Å²) in [5, 5.41) is 3.42. The molecule has 0 bridgehead atoms. The van der Waals surface area contributed by atoms with Crippen LogP contribution in [-0.2, 0) is 11.2 Å². The van der Waals surface area contributed by atoms with Crippen LogP contribution in [0.1, 0.15) is 27.2 Å². The number of carbonyl (C=O) groups excluding carboxylic acids is 2. The Hall–Kier alpha value is -3.08. The molecule has 0 spiro atoms. The molecule has 0 saturated heterocycles. The number of aryl methyl sites for hydroxylation is 2. The highest BCUT2D eigenvalue weighted by Crippen LogP contribution is 2.30. The molecule has 24 heavy (non-hydrogen) atoms. The van der Waals surface area contributed by atoms with E-state index < -0.39 is 5.91 Å². The Morgan fingerprint density at radius 1 is 1.12 bits per heavy atom. The van der Waals surface area contributed by atoms with Crippen LogP contribution in [0.3, 0.4) is 0 Å². The molecule has 3 aromatic rings. The first-order valence-corrected chi connectivity index (χ1v) is 7.63. The van der Waals surface area contributed by atoms with Gasteiger partial charge in [-0.1, -0.05) is 35.9 Å². The number of anilines is 1. The second-order valence-electron chi connectivity index (χ2n) is 5.82. The van der Waals surface area contributed by atoms with Gasteiger partial charge in [0.05, 0.1) is 6.42 Å². The van der Waals surface area contributed by atoms with Crippen LogP contribution in [0, 0.1) is 13.8 Å². The molecule has 0 radical (unpaired) electrons. The maximum absolute atomic E-state index is 12.4. The number of furan rings is 1. The highest BCUT2D eigenvalue weighted by Gasteiger charge is 2.20. The van der Waals surface area contributed by atoms with Crippen LogP contribution in [0.2, 0.25) is 0 Å². The van der Waals surface area contributed by atoms with Crippen molar-refractivity contribution in [3.63, 3.8) is 0 Å². The molecule has 0 aliphatic heterocycles. The van der Waals surface area contributed by atoms with E-state index in [2.05, 4.69) is 5.32 Å². The van der Waals surface area contributed by atoms with Gasteiger partial charge in [0.15, 0.2) is 0 Å².